The standard InChI is InChI=1S/C27H24ClN3O3S/c1-16-7-8-17(28)14-19(16)22-11-12-23(34-22)26-25(20-6-4-5-13-29-20)30-27(35)31(26)21-10-9-18(32-2)15-24(21)33-3/h4-15,25-26H,1-3H3,(H,30,35)/t25-,26-/m1/s1. The number of rotatable bonds is 6. The molecule has 2 aromatic heterocycles. The van der Waals surface area contributed by atoms with E-state index in [1.807, 2.05) is 78.6 Å². The van der Waals surface area contributed by atoms with E-state index in [1.54, 1.807) is 20.4 Å². The topological polar surface area (TPSA) is 59.8 Å². The number of methoxy groups -OCH3 is 2. The van der Waals surface area contributed by atoms with Gasteiger partial charge in [0.1, 0.15) is 29.1 Å². The molecule has 1 saturated heterocycles. The smallest absolute Gasteiger partial charge is 0.174 e. The second-order valence-electron chi connectivity index (χ2n) is 8.20. The Kier molecular flexibility index (Phi) is 6.36. The van der Waals surface area contributed by atoms with E-state index in [1.165, 1.54) is 0 Å². The Bertz CT molecular complexity index is 1380. The van der Waals surface area contributed by atoms with E-state index in [0.717, 1.165) is 34.0 Å². The highest BCUT2D eigenvalue weighted by Gasteiger charge is 2.43. The summed E-state index contributed by atoms with van der Waals surface area (Å²) in [5.41, 5.74) is 3.67. The lowest BCUT2D eigenvalue weighted by Gasteiger charge is -2.27. The van der Waals surface area contributed by atoms with E-state index >= 15 is 0 Å². The fraction of sp³-hybridized carbons (Fsp3) is 0.185. The average Bonchev–Trinajstić information content (AvgIpc) is 3.50. The van der Waals surface area contributed by atoms with Gasteiger partial charge in [-0.2, -0.15) is 0 Å². The molecule has 4 aromatic rings. The molecule has 1 aliphatic rings. The van der Waals surface area contributed by atoms with Crippen molar-refractivity contribution >= 4 is 34.6 Å². The highest BCUT2D eigenvalue weighted by atomic mass is 35.5. The van der Waals surface area contributed by atoms with Gasteiger partial charge in [0.2, 0.25) is 0 Å². The van der Waals surface area contributed by atoms with Gasteiger partial charge in [0.25, 0.3) is 0 Å². The highest BCUT2D eigenvalue weighted by Crippen LogP contribution is 2.46. The molecule has 1 N–H and O–H groups in total. The average molecular weight is 506 g/mol. The molecule has 0 bridgehead atoms. The van der Waals surface area contributed by atoms with E-state index in [2.05, 4.69) is 10.3 Å². The van der Waals surface area contributed by atoms with Crippen molar-refractivity contribution in [2.45, 2.75) is 19.0 Å². The predicted octanol–water partition coefficient (Wildman–Crippen LogP) is 6.50. The van der Waals surface area contributed by atoms with Gasteiger partial charge in [-0.1, -0.05) is 23.7 Å². The largest absolute Gasteiger partial charge is 0.497 e. The molecule has 0 radical (unpaired) electrons. The van der Waals surface area contributed by atoms with Crippen molar-refractivity contribution in [2.75, 3.05) is 19.1 Å². The molecule has 2 atom stereocenters. The number of benzene rings is 2. The summed E-state index contributed by atoms with van der Waals surface area (Å²) in [4.78, 5) is 6.61. The van der Waals surface area contributed by atoms with Gasteiger partial charge in [-0.05, 0) is 73.2 Å². The van der Waals surface area contributed by atoms with Crippen molar-refractivity contribution in [1.82, 2.24) is 10.3 Å². The van der Waals surface area contributed by atoms with Crippen molar-refractivity contribution in [3.8, 4) is 22.8 Å². The number of thiocarbonyl (C=S) groups is 1. The van der Waals surface area contributed by atoms with Crippen molar-refractivity contribution in [2.24, 2.45) is 0 Å². The summed E-state index contributed by atoms with van der Waals surface area (Å²) >= 11 is 12.1. The minimum absolute atomic E-state index is 0.241. The number of aryl methyl sites for hydroxylation is 1. The van der Waals surface area contributed by atoms with Crippen LogP contribution in [0.5, 0.6) is 11.5 Å². The molecule has 8 heteroatoms. The van der Waals surface area contributed by atoms with Gasteiger partial charge < -0.3 is 24.1 Å². The van der Waals surface area contributed by atoms with Gasteiger partial charge in [0.05, 0.1) is 31.6 Å². The SMILES string of the molecule is COc1ccc(N2C(=S)N[C@H](c3ccccn3)[C@H]2c2ccc(-c3cc(Cl)ccc3C)o2)c(OC)c1. The minimum Gasteiger partial charge on any atom is -0.497 e. The number of hydrogen-bond donors (Lipinski definition) is 1. The maximum atomic E-state index is 6.47. The van der Waals surface area contributed by atoms with E-state index in [4.69, 9.17) is 37.7 Å². The van der Waals surface area contributed by atoms with Crippen LogP contribution in [-0.4, -0.2) is 24.3 Å². The van der Waals surface area contributed by atoms with Crippen LogP contribution in [0.25, 0.3) is 11.3 Å². The van der Waals surface area contributed by atoms with Crippen LogP contribution in [0.2, 0.25) is 5.02 Å². The molecule has 6 nitrogen and oxygen atoms in total. The first-order chi connectivity index (χ1) is 17.0. The quantitative estimate of drug-likeness (QED) is 0.300. The summed E-state index contributed by atoms with van der Waals surface area (Å²) in [7, 11) is 3.25. The van der Waals surface area contributed by atoms with Crippen LogP contribution in [0.3, 0.4) is 0 Å². The molecule has 0 saturated carbocycles. The highest BCUT2D eigenvalue weighted by molar-refractivity contribution is 7.80. The zero-order chi connectivity index (χ0) is 24.5. The van der Waals surface area contributed by atoms with Crippen LogP contribution < -0.4 is 19.7 Å². The zero-order valence-corrected chi connectivity index (χ0v) is 21.1. The maximum Gasteiger partial charge on any atom is 0.174 e. The molecule has 1 aliphatic heterocycles. The molecule has 0 amide bonds. The molecule has 0 unspecified atom stereocenters. The number of anilines is 1. The van der Waals surface area contributed by atoms with Crippen molar-refractivity contribution in [3.05, 3.63) is 95.0 Å². The van der Waals surface area contributed by atoms with Crippen LogP contribution in [0, 0.1) is 6.92 Å². The summed E-state index contributed by atoms with van der Waals surface area (Å²) in [5, 5.41) is 4.65. The molecular formula is C27H24ClN3O3S. The minimum atomic E-state index is -0.312. The van der Waals surface area contributed by atoms with Crippen LogP contribution in [-0.2, 0) is 0 Å². The van der Waals surface area contributed by atoms with E-state index in [0.29, 0.717) is 21.6 Å². The zero-order valence-electron chi connectivity index (χ0n) is 19.5. The van der Waals surface area contributed by atoms with Crippen LogP contribution in [0.15, 0.2) is 77.3 Å². The number of hydrogen-bond acceptors (Lipinski definition) is 5. The summed E-state index contributed by atoms with van der Waals surface area (Å²) in [6.07, 6.45) is 1.77. The van der Waals surface area contributed by atoms with Crippen LogP contribution >= 0.6 is 23.8 Å². The number of nitrogens with zero attached hydrogens (tertiary/aromatic N) is 2. The maximum absolute atomic E-state index is 6.47. The fourth-order valence-electron chi connectivity index (χ4n) is 4.40. The van der Waals surface area contributed by atoms with Gasteiger partial charge in [-0.15, -0.1) is 0 Å². The lowest BCUT2D eigenvalue weighted by molar-refractivity contribution is 0.392. The summed E-state index contributed by atoms with van der Waals surface area (Å²) in [6, 6.07) is 20.7. The Balaban J connectivity index is 1.64. The summed E-state index contributed by atoms with van der Waals surface area (Å²) in [6.45, 7) is 2.03. The Hall–Kier alpha value is -3.55. The second kappa shape index (κ2) is 9.60. The van der Waals surface area contributed by atoms with Crippen LogP contribution in [0.1, 0.15) is 29.1 Å². The van der Waals surface area contributed by atoms with Gasteiger partial charge >= 0.3 is 0 Å². The molecule has 5 rings (SSSR count). The number of furan rings is 1. The van der Waals surface area contributed by atoms with E-state index < -0.39 is 0 Å². The summed E-state index contributed by atoms with van der Waals surface area (Å²) in [5.74, 6) is 2.80. The fourth-order valence-corrected chi connectivity index (χ4v) is 4.91. The number of aromatic nitrogens is 1. The lowest BCUT2D eigenvalue weighted by Crippen LogP contribution is -2.29. The first kappa shape index (κ1) is 23.2. The molecule has 3 heterocycles. The van der Waals surface area contributed by atoms with Crippen molar-refractivity contribution < 1.29 is 13.9 Å². The third kappa shape index (κ3) is 4.33. The monoisotopic (exact) mass is 505 g/mol. The normalized spacial score (nSPS) is 17.4. The Labute approximate surface area is 214 Å². The first-order valence-corrected chi connectivity index (χ1v) is 11.9. The third-order valence-electron chi connectivity index (χ3n) is 6.13. The van der Waals surface area contributed by atoms with E-state index in [9.17, 15) is 0 Å². The van der Waals surface area contributed by atoms with Gasteiger partial charge in [0.15, 0.2) is 5.11 Å². The van der Waals surface area contributed by atoms with E-state index in [-0.39, 0.29) is 12.1 Å². The number of halogens is 1. The molecule has 2 aromatic carbocycles. The molecule has 35 heavy (non-hydrogen) atoms. The molecule has 178 valence electrons. The van der Waals surface area contributed by atoms with Gasteiger partial charge in [-0.3, -0.25) is 4.98 Å². The van der Waals surface area contributed by atoms with Crippen molar-refractivity contribution in [3.63, 3.8) is 0 Å². The number of nitrogens with one attached hydrogen (secondary N) is 1. The Morgan fingerprint density at radius 2 is 1.89 bits per heavy atom. The third-order valence-corrected chi connectivity index (χ3v) is 6.68. The first-order valence-electron chi connectivity index (χ1n) is 11.1. The second-order valence-corrected chi connectivity index (χ2v) is 9.02. The van der Waals surface area contributed by atoms with Gasteiger partial charge in [0, 0.05) is 22.8 Å². The Morgan fingerprint density at radius 3 is 2.63 bits per heavy atom. The van der Waals surface area contributed by atoms with Crippen LogP contribution in [0.4, 0.5) is 5.69 Å². The van der Waals surface area contributed by atoms with Crippen molar-refractivity contribution in [1.29, 1.82) is 0 Å². The summed E-state index contributed by atoms with van der Waals surface area (Å²) < 4.78 is 17.6. The molecular weight excluding hydrogens is 482 g/mol. The molecule has 1 fully saturated rings. The predicted molar refractivity (Wildman–Crippen MR) is 141 cm³/mol. The molecule has 0 aliphatic carbocycles. The number of pyridine rings is 1. The number of ether oxygens (including phenoxy) is 2. The molecule has 0 spiro atoms. The lowest BCUT2D eigenvalue weighted by atomic mass is 10.0. The van der Waals surface area contributed by atoms with Gasteiger partial charge in [-0.25, -0.2) is 0 Å². The Morgan fingerprint density at radius 1 is 1.03 bits per heavy atom.